The summed E-state index contributed by atoms with van der Waals surface area (Å²) < 4.78 is 128. The van der Waals surface area contributed by atoms with Gasteiger partial charge in [0, 0.05) is 67.7 Å². The molecule has 0 aliphatic carbocycles. The standard InChI is InChI=1S/C20H30N6O3/c1-4-18(27)26(17-9-7-6-8-10-17)20(29-3)11-13-23(14-12-20)15-16-25-19(28)24(5-2)21-22-25/h6-10H,4-5,11-16H2,1-3H3/i1D3,3D3,4D2,6D,7D,8D,9D,10D,15D2. The normalized spacial score (nSPS) is 26.0. The van der Waals surface area contributed by atoms with E-state index < -0.39 is 112 Å². The molecule has 0 radical (unpaired) electrons. The molecule has 1 saturated heterocycles. The van der Waals surface area contributed by atoms with Crippen molar-refractivity contribution in [2.75, 3.05) is 31.5 Å². The summed E-state index contributed by atoms with van der Waals surface area (Å²) in [6.07, 6.45) is -5.09. The summed E-state index contributed by atoms with van der Waals surface area (Å²) in [5, 5.41) is 7.27. The SMILES string of the molecule is [2H]c1c([2H])c([2H])c(N(C(=O)C([2H])([2H])C([2H])([2H])[2H])C2(OC([2H])([2H])[2H])CCN(C([2H])([2H])Cn3nnn(CC)c3=O)CC2)c([2H])c1[2H]. The number of benzene rings is 1. The Balaban J connectivity index is 2.19. The zero-order valence-electron chi connectivity index (χ0n) is 30.7. The molecule has 0 saturated carbocycles. The van der Waals surface area contributed by atoms with Crippen LogP contribution in [0.5, 0.6) is 0 Å². The highest BCUT2D eigenvalue weighted by molar-refractivity contribution is 5.94. The fourth-order valence-corrected chi connectivity index (χ4v) is 3.06. The van der Waals surface area contributed by atoms with Crippen LogP contribution in [0.2, 0.25) is 0 Å². The highest BCUT2D eigenvalue weighted by atomic mass is 16.5. The number of hydrogen-bond donors (Lipinski definition) is 0. The van der Waals surface area contributed by atoms with Crippen LogP contribution in [-0.4, -0.2) is 62.9 Å². The summed E-state index contributed by atoms with van der Waals surface area (Å²) in [5.41, 5.74) is -4.26. The summed E-state index contributed by atoms with van der Waals surface area (Å²) in [6.45, 7) is -5.70. The van der Waals surface area contributed by atoms with Crippen LogP contribution in [0, 0.1) is 0 Å². The first-order chi connectivity index (χ1) is 19.9. The Labute approximate surface area is 191 Å². The first-order valence-corrected chi connectivity index (χ1v) is 8.79. The number of tetrazole rings is 1. The van der Waals surface area contributed by atoms with Crippen LogP contribution in [0.25, 0.3) is 0 Å². The predicted molar refractivity (Wildman–Crippen MR) is 110 cm³/mol. The number of para-hydroxylation sites is 1. The minimum Gasteiger partial charge on any atom is -0.358 e. The summed E-state index contributed by atoms with van der Waals surface area (Å²) in [5.74, 6) is -1.96. The number of carbonyl (C=O) groups is 1. The molecule has 158 valence electrons. The van der Waals surface area contributed by atoms with E-state index in [1.54, 1.807) is 6.92 Å². The zero-order chi connectivity index (χ0) is 33.8. The molecule has 1 fully saturated rings. The topological polar surface area (TPSA) is 85.5 Å². The van der Waals surface area contributed by atoms with Gasteiger partial charge in [0.15, 0.2) is 0 Å². The molecule has 1 amide bonds. The fourth-order valence-electron chi connectivity index (χ4n) is 3.06. The lowest BCUT2D eigenvalue weighted by Gasteiger charge is -2.47. The number of aryl methyl sites for hydroxylation is 2. The minimum atomic E-state index is -3.76. The Hall–Kier alpha value is -2.52. The summed E-state index contributed by atoms with van der Waals surface area (Å²) >= 11 is 0. The number of anilines is 1. The molecule has 0 unspecified atom stereocenters. The van der Waals surface area contributed by atoms with Crippen LogP contribution in [0.15, 0.2) is 35.0 Å². The van der Waals surface area contributed by atoms with Crippen LogP contribution >= 0.6 is 0 Å². The molecular weight excluding hydrogens is 372 g/mol. The van der Waals surface area contributed by atoms with Gasteiger partial charge in [0.1, 0.15) is 5.72 Å². The van der Waals surface area contributed by atoms with Gasteiger partial charge in [0.05, 0.1) is 17.5 Å². The molecule has 0 bridgehead atoms. The Morgan fingerprint density at radius 1 is 1.31 bits per heavy atom. The monoisotopic (exact) mass is 417 g/mol. The molecular formula is C20H30N6O3. The molecule has 0 atom stereocenters. The summed E-state index contributed by atoms with van der Waals surface area (Å²) in [4.78, 5) is 27.5. The largest absolute Gasteiger partial charge is 0.363 e. The van der Waals surface area contributed by atoms with Gasteiger partial charge >= 0.3 is 5.69 Å². The second-order valence-corrected chi connectivity index (χ2v) is 6.17. The number of carbonyl (C=O) groups excluding carboxylic acids is 1. The molecule has 3 rings (SSSR count). The molecule has 0 N–H and O–H groups in total. The maximum atomic E-state index is 13.9. The van der Waals surface area contributed by atoms with Crippen molar-refractivity contribution in [3.05, 3.63) is 40.7 Å². The van der Waals surface area contributed by atoms with E-state index in [-0.39, 0.29) is 11.4 Å². The third-order valence-electron chi connectivity index (χ3n) is 4.60. The number of piperidine rings is 1. The molecule has 1 aliphatic heterocycles. The summed E-state index contributed by atoms with van der Waals surface area (Å²) in [7, 11) is -3.36. The van der Waals surface area contributed by atoms with Crippen molar-refractivity contribution >= 4 is 11.6 Å². The number of methoxy groups -OCH3 is 1. The van der Waals surface area contributed by atoms with E-state index in [0.717, 1.165) is 14.3 Å². The molecule has 29 heavy (non-hydrogen) atoms. The van der Waals surface area contributed by atoms with Crippen LogP contribution in [0.4, 0.5) is 5.69 Å². The van der Waals surface area contributed by atoms with Crippen molar-refractivity contribution in [1.82, 2.24) is 24.7 Å². The van der Waals surface area contributed by atoms with Crippen LogP contribution in [0.1, 0.15) is 53.6 Å². The smallest absolute Gasteiger partial charge is 0.358 e. The van der Waals surface area contributed by atoms with Crippen molar-refractivity contribution in [3.63, 3.8) is 0 Å². The molecule has 2 aromatic rings. The third-order valence-corrected chi connectivity index (χ3v) is 4.60. The van der Waals surface area contributed by atoms with E-state index >= 15 is 0 Å². The van der Waals surface area contributed by atoms with Gasteiger partial charge in [-0.15, -0.1) is 0 Å². The predicted octanol–water partition coefficient (Wildman–Crippen LogP) is 1.34. The van der Waals surface area contributed by atoms with Crippen molar-refractivity contribution in [1.29, 1.82) is 0 Å². The van der Waals surface area contributed by atoms with Gasteiger partial charge in [0.2, 0.25) is 5.91 Å². The molecule has 9 heteroatoms. The van der Waals surface area contributed by atoms with E-state index in [9.17, 15) is 9.59 Å². The van der Waals surface area contributed by atoms with Crippen LogP contribution in [0.3, 0.4) is 0 Å². The lowest BCUT2D eigenvalue weighted by Crippen LogP contribution is -2.59. The Morgan fingerprint density at radius 3 is 2.66 bits per heavy atom. The van der Waals surface area contributed by atoms with E-state index in [1.807, 2.05) is 0 Å². The Bertz CT molecular complexity index is 1430. The second kappa shape index (κ2) is 9.32. The third kappa shape index (κ3) is 4.40. The number of nitrogens with zero attached hydrogens (tertiary/aromatic N) is 6. The number of hydrogen-bond acceptors (Lipinski definition) is 6. The number of aromatic nitrogens is 4. The summed E-state index contributed by atoms with van der Waals surface area (Å²) in [6, 6.07) is -4.96. The average molecular weight is 418 g/mol. The maximum Gasteiger partial charge on any atom is 0.363 e. The molecule has 1 aromatic heterocycles. The van der Waals surface area contributed by atoms with Gasteiger partial charge in [-0.05, 0) is 29.4 Å². The van der Waals surface area contributed by atoms with E-state index in [0.29, 0.717) is 0 Å². The first kappa shape index (κ1) is 9.09. The molecule has 1 aliphatic rings. The Kier molecular flexibility index (Phi) is 2.92. The number of rotatable bonds is 8. The number of likely N-dealkylation sites (tertiary alicyclic amines) is 1. The van der Waals surface area contributed by atoms with Crippen molar-refractivity contribution < 1.29 is 30.1 Å². The highest BCUT2D eigenvalue weighted by Crippen LogP contribution is 2.34. The molecule has 0 spiro atoms. The average Bonchev–Trinajstić information content (AvgIpc) is 3.25. The van der Waals surface area contributed by atoms with Crippen molar-refractivity contribution in [2.45, 2.75) is 51.8 Å². The molecule has 2 heterocycles. The Morgan fingerprint density at radius 2 is 2.03 bits per heavy atom. The van der Waals surface area contributed by atoms with Crippen LogP contribution < -0.4 is 10.6 Å². The van der Waals surface area contributed by atoms with Gasteiger partial charge < -0.3 is 9.64 Å². The molecule has 1 aromatic carbocycles. The second-order valence-electron chi connectivity index (χ2n) is 6.17. The quantitative estimate of drug-likeness (QED) is 0.603. The van der Waals surface area contributed by atoms with E-state index in [1.165, 1.54) is 0 Å². The first-order valence-electron chi connectivity index (χ1n) is 16.3. The van der Waals surface area contributed by atoms with Gasteiger partial charge in [-0.1, -0.05) is 25.0 Å². The van der Waals surface area contributed by atoms with Gasteiger partial charge in [-0.2, -0.15) is 9.36 Å². The number of ether oxygens (including phenoxy) is 1. The lowest BCUT2D eigenvalue weighted by atomic mass is 9.96. The zero-order valence-corrected chi connectivity index (χ0v) is 15.7. The van der Waals surface area contributed by atoms with Crippen molar-refractivity contribution in [3.8, 4) is 0 Å². The fraction of sp³-hybridized carbons (Fsp3) is 0.600. The molecule has 9 nitrogen and oxygen atoms in total. The lowest BCUT2D eigenvalue weighted by molar-refractivity contribution is -0.128. The van der Waals surface area contributed by atoms with Crippen molar-refractivity contribution in [2.24, 2.45) is 0 Å². The highest BCUT2D eigenvalue weighted by Gasteiger charge is 2.43. The number of amides is 1. The van der Waals surface area contributed by atoms with Gasteiger partial charge in [-0.3, -0.25) is 9.69 Å². The van der Waals surface area contributed by atoms with Crippen LogP contribution in [-0.2, 0) is 22.6 Å². The van der Waals surface area contributed by atoms with E-state index in [2.05, 4.69) is 10.4 Å². The maximum absolute atomic E-state index is 13.9. The van der Waals surface area contributed by atoms with E-state index in [4.69, 9.17) is 25.3 Å². The van der Waals surface area contributed by atoms with Gasteiger partial charge in [-0.25, -0.2) is 4.79 Å². The minimum absolute atomic E-state index is 0.163. The van der Waals surface area contributed by atoms with Gasteiger partial charge in [0.25, 0.3) is 0 Å².